The van der Waals surface area contributed by atoms with E-state index in [2.05, 4.69) is 4.98 Å². The van der Waals surface area contributed by atoms with Gasteiger partial charge in [0.1, 0.15) is 6.54 Å². The van der Waals surface area contributed by atoms with Gasteiger partial charge in [-0.25, -0.2) is 4.79 Å². The Morgan fingerprint density at radius 2 is 1.80 bits per heavy atom. The van der Waals surface area contributed by atoms with Crippen molar-refractivity contribution in [1.29, 1.82) is 0 Å². The highest BCUT2D eigenvalue weighted by Gasteiger charge is 2.17. The summed E-state index contributed by atoms with van der Waals surface area (Å²) in [5, 5.41) is 0. The van der Waals surface area contributed by atoms with Crippen LogP contribution in [0.1, 0.15) is 12.0 Å². The molecular weight excluding hydrogens is 316 g/mol. The number of fused-ring (bicyclic) bond motifs is 1. The molecule has 0 unspecified atom stereocenters. The lowest BCUT2D eigenvalue weighted by Crippen LogP contribution is -2.37. The predicted octanol–water partition coefficient (Wildman–Crippen LogP) is 1.71. The van der Waals surface area contributed by atoms with Crippen molar-refractivity contribution in [2.45, 2.75) is 19.5 Å². The zero-order valence-electron chi connectivity index (χ0n) is 14.0. The summed E-state index contributed by atoms with van der Waals surface area (Å²) < 4.78 is 1.48. The van der Waals surface area contributed by atoms with Crippen LogP contribution in [0, 0.1) is 0 Å². The monoisotopic (exact) mass is 338 g/mol. The first-order valence-corrected chi connectivity index (χ1v) is 8.38. The number of H-pyrrole nitrogens is 1. The van der Waals surface area contributed by atoms with E-state index >= 15 is 0 Å². The summed E-state index contributed by atoms with van der Waals surface area (Å²) in [4.78, 5) is 29.6. The highest BCUT2D eigenvalue weighted by atomic mass is 16.2. The van der Waals surface area contributed by atoms with Gasteiger partial charge in [-0.2, -0.15) is 0 Å². The molecule has 0 aliphatic heterocycles. The summed E-state index contributed by atoms with van der Waals surface area (Å²) in [6.45, 7) is 1.62. The van der Waals surface area contributed by atoms with Crippen LogP contribution in [-0.2, 0) is 17.9 Å². The third-order valence-electron chi connectivity index (χ3n) is 4.18. The topological polar surface area (TPSA) is 84.1 Å². The van der Waals surface area contributed by atoms with Gasteiger partial charge in [0, 0.05) is 13.1 Å². The molecule has 3 N–H and O–H groups in total. The lowest BCUT2D eigenvalue weighted by molar-refractivity contribution is -0.132. The molecule has 1 amide bonds. The number of nitrogens with two attached hydrogens (primary N) is 1. The van der Waals surface area contributed by atoms with E-state index in [-0.39, 0.29) is 18.1 Å². The van der Waals surface area contributed by atoms with Crippen molar-refractivity contribution in [3.8, 4) is 0 Å². The molecule has 0 saturated heterocycles. The molecule has 3 rings (SSSR count). The van der Waals surface area contributed by atoms with Crippen molar-refractivity contribution in [3.63, 3.8) is 0 Å². The number of rotatable bonds is 7. The molecule has 1 aromatic heterocycles. The third-order valence-corrected chi connectivity index (χ3v) is 4.18. The first-order chi connectivity index (χ1) is 12.2. The molecule has 6 nitrogen and oxygen atoms in total. The number of nitrogens with one attached hydrogen (secondary N) is 1. The van der Waals surface area contributed by atoms with Crippen LogP contribution in [0.25, 0.3) is 11.0 Å². The second-order valence-electron chi connectivity index (χ2n) is 5.98. The zero-order valence-corrected chi connectivity index (χ0v) is 14.0. The summed E-state index contributed by atoms with van der Waals surface area (Å²) in [5.74, 6) is -0.0934. The standard InChI is InChI=1S/C19H22N4O2/c20-11-6-12-22(13-15-7-2-1-3-8-15)18(24)14-23-17-10-5-4-9-16(17)21-19(23)25/h1-5,7-10H,6,11-14,20H2,(H,21,25). The number of para-hydroxylation sites is 2. The van der Waals surface area contributed by atoms with Crippen LogP contribution in [0.15, 0.2) is 59.4 Å². The Morgan fingerprint density at radius 1 is 1.08 bits per heavy atom. The van der Waals surface area contributed by atoms with Gasteiger partial charge in [-0.15, -0.1) is 0 Å². The third kappa shape index (κ3) is 3.97. The van der Waals surface area contributed by atoms with Gasteiger partial charge in [0.2, 0.25) is 5.91 Å². The number of carbonyl (C=O) groups excluding carboxylic acids is 1. The maximum Gasteiger partial charge on any atom is 0.326 e. The molecule has 3 aromatic rings. The quantitative estimate of drug-likeness (QED) is 0.688. The first kappa shape index (κ1) is 17.0. The van der Waals surface area contributed by atoms with Crippen molar-refractivity contribution in [2.75, 3.05) is 13.1 Å². The van der Waals surface area contributed by atoms with Crippen molar-refractivity contribution in [3.05, 3.63) is 70.6 Å². The number of imidazole rings is 1. The maximum absolute atomic E-state index is 12.8. The minimum atomic E-state index is -0.270. The molecule has 130 valence electrons. The molecule has 0 spiro atoms. The Balaban J connectivity index is 1.81. The number of nitrogens with zero attached hydrogens (tertiary/aromatic N) is 2. The van der Waals surface area contributed by atoms with Crippen LogP contribution in [-0.4, -0.2) is 33.4 Å². The van der Waals surface area contributed by atoms with Crippen LogP contribution < -0.4 is 11.4 Å². The van der Waals surface area contributed by atoms with Gasteiger partial charge in [0.25, 0.3) is 0 Å². The van der Waals surface area contributed by atoms with Gasteiger partial charge in [-0.1, -0.05) is 42.5 Å². The minimum absolute atomic E-state index is 0.0141. The average Bonchev–Trinajstić information content (AvgIpc) is 2.95. The molecule has 6 heteroatoms. The lowest BCUT2D eigenvalue weighted by atomic mass is 10.2. The van der Waals surface area contributed by atoms with E-state index in [0.29, 0.717) is 19.6 Å². The van der Waals surface area contributed by atoms with Gasteiger partial charge >= 0.3 is 5.69 Å². The molecule has 0 radical (unpaired) electrons. The van der Waals surface area contributed by atoms with E-state index in [1.54, 1.807) is 4.90 Å². The largest absolute Gasteiger partial charge is 0.337 e. The Morgan fingerprint density at radius 3 is 2.56 bits per heavy atom. The normalized spacial score (nSPS) is 10.9. The Bertz CT molecular complexity index is 898. The molecule has 0 atom stereocenters. The van der Waals surface area contributed by atoms with Crippen molar-refractivity contribution < 1.29 is 4.79 Å². The SMILES string of the molecule is NCCCN(Cc1ccccc1)C(=O)Cn1c(=O)[nH]c2ccccc21. The fraction of sp³-hybridized carbons (Fsp3) is 0.263. The molecule has 0 aliphatic carbocycles. The van der Waals surface area contributed by atoms with Crippen LogP contribution in [0.2, 0.25) is 0 Å². The average molecular weight is 338 g/mol. The molecular formula is C19H22N4O2. The van der Waals surface area contributed by atoms with Crippen molar-refractivity contribution in [1.82, 2.24) is 14.5 Å². The van der Waals surface area contributed by atoms with Gasteiger partial charge in [-0.3, -0.25) is 9.36 Å². The van der Waals surface area contributed by atoms with Gasteiger partial charge in [0.05, 0.1) is 11.0 Å². The van der Waals surface area contributed by atoms with Gasteiger partial charge in [0.15, 0.2) is 0 Å². The molecule has 1 heterocycles. The zero-order chi connectivity index (χ0) is 17.6. The van der Waals surface area contributed by atoms with E-state index in [9.17, 15) is 9.59 Å². The number of amides is 1. The molecule has 2 aromatic carbocycles. The van der Waals surface area contributed by atoms with E-state index in [1.165, 1.54) is 4.57 Å². The summed E-state index contributed by atoms with van der Waals surface area (Å²) in [6.07, 6.45) is 0.724. The number of benzene rings is 2. The Labute approximate surface area is 145 Å². The molecule has 0 fully saturated rings. The molecule has 0 aliphatic rings. The van der Waals surface area contributed by atoms with E-state index in [0.717, 1.165) is 23.0 Å². The number of hydrogen-bond acceptors (Lipinski definition) is 3. The van der Waals surface area contributed by atoms with Crippen LogP contribution >= 0.6 is 0 Å². The van der Waals surface area contributed by atoms with Gasteiger partial charge in [-0.05, 0) is 30.7 Å². The maximum atomic E-state index is 12.8. The fourth-order valence-corrected chi connectivity index (χ4v) is 2.88. The van der Waals surface area contributed by atoms with E-state index < -0.39 is 0 Å². The van der Waals surface area contributed by atoms with Crippen molar-refractivity contribution >= 4 is 16.9 Å². The summed E-state index contributed by atoms with van der Waals surface area (Å²) >= 11 is 0. The summed E-state index contributed by atoms with van der Waals surface area (Å²) in [5.41, 5.74) is 7.86. The van der Waals surface area contributed by atoms with Crippen LogP contribution in [0.4, 0.5) is 0 Å². The number of carbonyl (C=O) groups is 1. The molecule has 0 bridgehead atoms. The first-order valence-electron chi connectivity index (χ1n) is 8.38. The Hall–Kier alpha value is -2.86. The van der Waals surface area contributed by atoms with Gasteiger partial charge < -0.3 is 15.6 Å². The second kappa shape index (κ2) is 7.81. The van der Waals surface area contributed by atoms with E-state index in [4.69, 9.17) is 5.73 Å². The van der Waals surface area contributed by atoms with Crippen LogP contribution in [0.3, 0.4) is 0 Å². The molecule has 25 heavy (non-hydrogen) atoms. The fourth-order valence-electron chi connectivity index (χ4n) is 2.88. The minimum Gasteiger partial charge on any atom is -0.337 e. The lowest BCUT2D eigenvalue weighted by Gasteiger charge is -2.23. The highest BCUT2D eigenvalue weighted by molar-refractivity contribution is 5.80. The number of aromatic nitrogens is 2. The highest BCUT2D eigenvalue weighted by Crippen LogP contribution is 2.11. The summed E-state index contributed by atoms with van der Waals surface area (Å²) in [6, 6.07) is 17.2. The second-order valence-corrected chi connectivity index (χ2v) is 5.98. The number of hydrogen-bond donors (Lipinski definition) is 2. The van der Waals surface area contributed by atoms with Crippen LogP contribution in [0.5, 0.6) is 0 Å². The smallest absolute Gasteiger partial charge is 0.326 e. The van der Waals surface area contributed by atoms with Crippen molar-refractivity contribution in [2.24, 2.45) is 5.73 Å². The number of aromatic amines is 1. The Kier molecular flexibility index (Phi) is 5.30. The van der Waals surface area contributed by atoms with E-state index in [1.807, 2.05) is 54.6 Å². The summed E-state index contributed by atoms with van der Waals surface area (Å²) in [7, 11) is 0. The predicted molar refractivity (Wildman–Crippen MR) is 98.1 cm³/mol. The molecule has 0 saturated carbocycles.